The molecule has 1 aliphatic heterocycles. The Morgan fingerprint density at radius 3 is 2.62 bits per heavy atom. The van der Waals surface area contributed by atoms with E-state index in [4.69, 9.17) is 33.6 Å². The number of hydrogen-bond donors (Lipinski definition) is 2. The van der Waals surface area contributed by atoms with Crippen molar-refractivity contribution in [2.24, 2.45) is 0 Å². The number of nitrogens with zero attached hydrogens (tertiary/aromatic N) is 5. The number of piperidine rings is 1. The molecule has 0 bridgehead atoms. The van der Waals surface area contributed by atoms with Gasteiger partial charge in [0.15, 0.2) is 11.1 Å². The van der Waals surface area contributed by atoms with Crippen molar-refractivity contribution in [3.8, 4) is 0 Å². The minimum Gasteiger partial charge on any atom is -0.337 e. The Hall–Kier alpha value is -1.96. The molecular formula is C17H19Cl2N7. The van der Waals surface area contributed by atoms with Gasteiger partial charge in [-0.1, -0.05) is 23.2 Å². The van der Waals surface area contributed by atoms with Crippen molar-refractivity contribution < 1.29 is 0 Å². The maximum absolute atomic E-state index is 8.12. The zero-order valence-corrected chi connectivity index (χ0v) is 15.8. The minimum absolute atomic E-state index is 0.190. The van der Waals surface area contributed by atoms with Gasteiger partial charge in [0.2, 0.25) is 0 Å². The molecule has 0 saturated carbocycles. The van der Waals surface area contributed by atoms with Crippen molar-refractivity contribution in [3.05, 3.63) is 45.6 Å². The summed E-state index contributed by atoms with van der Waals surface area (Å²) in [5, 5.41) is 9.12. The quantitative estimate of drug-likeness (QED) is 0.718. The number of aromatic amines is 1. The minimum atomic E-state index is 0.190. The number of nitrogens with one attached hydrogen (secondary N) is 2. The highest BCUT2D eigenvalue weighted by molar-refractivity contribution is 6.35. The standard InChI is InChI=1S/C17H19Cl2N7/c1-25-4-2-10(3-5-25)16-23-14-15(20)22-9-26(17(14)24-16)8-11-12(18)6-21-7-13(11)19/h6-7,9-10,20H,2-5,8H2,1H3,(H,23,24). The third-order valence-electron chi connectivity index (χ3n) is 4.92. The first kappa shape index (κ1) is 17.5. The van der Waals surface area contributed by atoms with Gasteiger partial charge in [-0.15, -0.1) is 0 Å². The lowest BCUT2D eigenvalue weighted by Crippen LogP contribution is -2.29. The molecule has 7 nitrogen and oxygen atoms in total. The van der Waals surface area contributed by atoms with Gasteiger partial charge in [-0.2, -0.15) is 0 Å². The molecule has 0 amide bonds. The second-order valence-electron chi connectivity index (χ2n) is 6.70. The molecule has 2 N–H and O–H groups in total. The van der Waals surface area contributed by atoms with Gasteiger partial charge >= 0.3 is 0 Å². The molecule has 3 aromatic heterocycles. The van der Waals surface area contributed by atoms with Gasteiger partial charge in [0.05, 0.1) is 22.9 Å². The van der Waals surface area contributed by atoms with E-state index in [0.717, 1.165) is 37.3 Å². The molecule has 1 aliphatic rings. The van der Waals surface area contributed by atoms with Crippen LogP contribution in [0.2, 0.25) is 10.0 Å². The molecular weight excluding hydrogens is 373 g/mol. The summed E-state index contributed by atoms with van der Waals surface area (Å²) in [6, 6.07) is 0. The Balaban J connectivity index is 1.74. The van der Waals surface area contributed by atoms with Gasteiger partial charge in [0, 0.05) is 23.9 Å². The van der Waals surface area contributed by atoms with Crippen LogP contribution in [0.4, 0.5) is 0 Å². The summed E-state index contributed by atoms with van der Waals surface area (Å²) in [6.07, 6.45) is 6.86. The number of H-pyrrole nitrogens is 1. The molecule has 1 fully saturated rings. The number of aromatic nitrogens is 5. The molecule has 26 heavy (non-hydrogen) atoms. The lowest BCUT2D eigenvalue weighted by molar-refractivity contribution is 0.252. The molecule has 0 radical (unpaired) electrons. The molecule has 1 saturated heterocycles. The van der Waals surface area contributed by atoms with Crippen molar-refractivity contribution in [1.29, 1.82) is 5.41 Å². The summed E-state index contributed by atoms with van der Waals surface area (Å²) < 4.78 is 1.87. The number of fused-ring (bicyclic) bond motifs is 1. The average Bonchev–Trinajstić information content (AvgIpc) is 3.07. The van der Waals surface area contributed by atoms with Crippen LogP contribution in [-0.4, -0.2) is 49.5 Å². The maximum atomic E-state index is 8.12. The fourth-order valence-electron chi connectivity index (χ4n) is 3.35. The third-order valence-corrected chi connectivity index (χ3v) is 5.58. The van der Waals surface area contributed by atoms with Gasteiger partial charge in [0.25, 0.3) is 0 Å². The fourth-order valence-corrected chi connectivity index (χ4v) is 3.84. The summed E-state index contributed by atoms with van der Waals surface area (Å²) in [5.74, 6) is 1.30. The van der Waals surface area contributed by atoms with E-state index in [-0.39, 0.29) is 5.49 Å². The van der Waals surface area contributed by atoms with Crippen LogP contribution in [-0.2, 0) is 6.54 Å². The van der Waals surface area contributed by atoms with E-state index < -0.39 is 0 Å². The normalized spacial score (nSPS) is 16.4. The summed E-state index contributed by atoms with van der Waals surface area (Å²) in [5.41, 5.74) is 2.29. The van der Waals surface area contributed by atoms with Gasteiger partial charge in [-0.3, -0.25) is 10.4 Å². The second-order valence-corrected chi connectivity index (χ2v) is 7.52. The van der Waals surface area contributed by atoms with Crippen LogP contribution in [0.25, 0.3) is 11.2 Å². The highest BCUT2D eigenvalue weighted by Crippen LogP contribution is 2.28. The number of hydrogen-bond acceptors (Lipinski definition) is 5. The van der Waals surface area contributed by atoms with Crippen LogP contribution in [0.15, 0.2) is 18.7 Å². The van der Waals surface area contributed by atoms with Crippen LogP contribution >= 0.6 is 23.2 Å². The number of halogens is 2. The van der Waals surface area contributed by atoms with E-state index in [1.54, 1.807) is 18.7 Å². The van der Waals surface area contributed by atoms with Crippen molar-refractivity contribution in [2.45, 2.75) is 25.3 Å². The molecule has 136 valence electrons. The average molecular weight is 392 g/mol. The Bertz CT molecular complexity index is 982. The smallest absolute Gasteiger partial charge is 0.173 e. The molecule has 0 spiro atoms. The molecule has 0 aromatic carbocycles. The van der Waals surface area contributed by atoms with Crippen LogP contribution < -0.4 is 5.49 Å². The highest BCUT2D eigenvalue weighted by atomic mass is 35.5. The monoisotopic (exact) mass is 391 g/mol. The fraction of sp³-hybridized carbons (Fsp3) is 0.412. The molecule has 0 aliphatic carbocycles. The van der Waals surface area contributed by atoms with Crippen molar-refractivity contribution in [2.75, 3.05) is 20.1 Å². The van der Waals surface area contributed by atoms with Gasteiger partial charge < -0.3 is 14.5 Å². The van der Waals surface area contributed by atoms with Crippen LogP contribution in [0.5, 0.6) is 0 Å². The molecule has 4 rings (SSSR count). The van der Waals surface area contributed by atoms with Crippen molar-refractivity contribution in [1.82, 2.24) is 29.4 Å². The zero-order valence-electron chi connectivity index (χ0n) is 14.3. The Kier molecular flexibility index (Phi) is 4.69. The number of imidazole rings is 1. The van der Waals surface area contributed by atoms with E-state index >= 15 is 0 Å². The van der Waals surface area contributed by atoms with E-state index in [1.807, 2.05) is 4.57 Å². The molecule has 0 unspecified atom stereocenters. The van der Waals surface area contributed by atoms with Gasteiger partial charge in [-0.25, -0.2) is 9.97 Å². The predicted octanol–water partition coefficient (Wildman–Crippen LogP) is 2.80. The first-order valence-corrected chi connectivity index (χ1v) is 9.24. The summed E-state index contributed by atoms with van der Waals surface area (Å²) in [4.78, 5) is 18.6. The van der Waals surface area contributed by atoms with E-state index in [2.05, 4.69) is 26.9 Å². The van der Waals surface area contributed by atoms with Crippen LogP contribution in [0, 0.1) is 5.41 Å². The van der Waals surface area contributed by atoms with Gasteiger partial charge in [-0.05, 0) is 33.0 Å². The number of rotatable bonds is 3. The zero-order chi connectivity index (χ0) is 18.3. The molecule has 4 heterocycles. The first-order chi connectivity index (χ1) is 12.5. The third kappa shape index (κ3) is 3.22. The van der Waals surface area contributed by atoms with Crippen LogP contribution in [0.3, 0.4) is 0 Å². The first-order valence-electron chi connectivity index (χ1n) is 8.49. The van der Waals surface area contributed by atoms with Crippen molar-refractivity contribution >= 4 is 34.4 Å². The molecule has 3 aromatic rings. The Labute approximate surface area is 160 Å². The Morgan fingerprint density at radius 2 is 1.92 bits per heavy atom. The van der Waals surface area contributed by atoms with Gasteiger partial charge in [0.1, 0.15) is 11.3 Å². The predicted molar refractivity (Wildman–Crippen MR) is 101 cm³/mol. The lowest BCUT2D eigenvalue weighted by Gasteiger charge is -2.27. The van der Waals surface area contributed by atoms with Crippen LogP contribution in [0.1, 0.15) is 30.1 Å². The molecule has 9 heteroatoms. The largest absolute Gasteiger partial charge is 0.337 e. The van der Waals surface area contributed by atoms with E-state index in [1.165, 1.54) is 0 Å². The highest BCUT2D eigenvalue weighted by Gasteiger charge is 2.22. The maximum Gasteiger partial charge on any atom is 0.173 e. The van der Waals surface area contributed by atoms with Crippen molar-refractivity contribution in [3.63, 3.8) is 0 Å². The Morgan fingerprint density at radius 1 is 1.23 bits per heavy atom. The molecule has 0 atom stereocenters. The summed E-state index contributed by atoms with van der Waals surface area (Å²) in [6.45, 7) is 2.52. The second kappa shape index (κ2) is 6.98. The van der Waals surface area contributed by atoms with E-state index in [0.29, 0.717) is 33.7 Å². The summed E-state index contributed by atoms with van der Waals surface area (Å²) >= 11 is 12.5. The summed E-state index contributed by atoms with van der Waals surface area (Å²) in [7, 11) is 2.14. The topological polar surface area (TPSA) is 86.5 Å². The lowest BCUT2D eigenvalue weighted by atomic mass is 9.97. The number of pyridine rings is 1. The van der Waals surface area contributed by atoms with E-state index in [9.17, 15) is 0 Å². The SMILES string of the molecule is CN1CCC(c2nc3c([nH]2)c(=N)ncn3Cc2c(Cl)cncc2Cl)CC1. The number of likely N-dealkylation sites (tertiary alicyclic amines) is 1.